The minimum atomic E-state index is 0.380. The molecule has 0 amide bonds. The lowest BCUT2D eigenvalue weighted by atomic mass is 9.94. The molecule has 4 aromatic heterocycles. The van der Waals surface area contributed by atoms with E-state index in [4.69, 9.17) is 15.0 Å². The van der Waals surface area contributed by atoms with Gasteiger partial charge in [0.2, 0.25) is 0 Å². The van der Waals surface area contributed by atoms with Crippen LogP contribution in [0.15, 0.2) is 49.2 Å². The van der Waals surface area contributed by atoms with Crippen molar-refractivity contribution in [2.75, 3.05) is 11.4 Å². The van der Waals surface area contributed by atoms with Crippen molar-refractivity contribution in [3.8, 4) is 17.2 Å². The van der Waals surface area contributed by atoms with Crippen molar-refractivity contribution in [3.05, 3.63) is 77.1 Å². The van der Waals surface area contributed by atoms with Crippen LogP contribution in [0.1, 0.15) is 40.8 Å². The van der Waals surface area contributed by atoms with E-state index in [1.54, 1.807) is 10.9 Å². The largest absolute Gasteiger partial charge is 0.352 e. The molecule has 0 N–H and O–H groups in total. The molecule has 3 aliphatic rings. The Morgan fingerprint density at radius 3 is 2.67 bits per heavy atom. The molecule has 164 valence electrons. The third-order valence-corrected chi connectivity index (χ3v) is 7.53. The second-order valence-electron chi connectivity index (χ2n) is 9.79. The maximum Gasteiger partial charge on any atom is 0.250 e. The highest BCUT2D eigenvalue weighted by Crippen LogP contribution is 2.76. The minimum Gasteiger partial charge on any atom is -0.352 e. The molecule has 7 nitrogen and oxygen atoms in total. The summed E-state index contributed by atoms with van der Waals surface area (Å²) in [6, 6.07) is 6.38. The predicted octanol–water partition coefficient (Wildman–Crippen LogP) is 3.96. The van der Waals surface area contributed by atoms with Crippen LogP contribution >= 0.6 is 0 Å². The first-order valence-electron chi connectivity index (χ1n) is 11.6. The molecule has 7 heteroatoms. The van der Waals surface area contributed by atoms with Crippen LogP contribution in [-0.2, 0) is 18.4 Å². The zero-order valence-corrected chi connectivity index (χ0v) is 18.9. The van der Waals surface area contributed by atoms with Gasteiger partial charge in [0.25, 0.3) is 5.95 Å². The number of aromatic nitrogens is 6. The summed E-state index contributed by atoms with van der Waals surface area (Å²) in [5.74, 6) is 2.49. The summed E-state index contributed by atoms with van der Waals surface area (Å²) in [4.78, 5) is 21.4. The Hall–Kier alpha value is -3.61. The fraction of sp³-hybridized carbons (Fsp3) is 0.346. The smallest absolute Gasteiger partial charge is 0.250 e. The highest BCUT2D eigenvalue weighted by Gasteiger charge is 2.71. The summed E-state index contributed by atoms with van der Waals surface area (Å²) in [5, 5.41) is 4.25. The van der Waals surface area contributed by atoms with E-state index < -0.39 is 0 Å². The van der Waals surface area contributed by atoms with Gasteiger partial charge >= 0.3 is 0 Å². The average molecular weight is 436 g/mol. The average Bonchev–Trinajstić information content (AvgIpc) is 3.62. The van der Waals surface area contributed by atoms with E-state index in [2.05, 4.69) is 47.2 Å². The number of nitrogens with zero attached hydrogens (tertiary/aromatic N) is 7. The normalized spacial score (nSPS) is 22.6. The summed E-state index contributed by atoms with van der Waals surface area (Å²) < 4.78 is 1.71. The molecule has 4 aromatic rings. The molecule has 0 aromatic carbocycles. The number of hydrogen-bond acceptors (Lipinski definition) is 6. The van der Waals surface area contributed by atoms with Gasteiger partial charge in [0.15, 0.2) is 0 Å². The first-order valence-corrected chi connectivity index (χ1v) is 11.6. The van der Waals surface area contributed by atoms with Crippen LogP contribution < -0.4 is 4.90 Å². The van der Waals surface area contributed by atoms with Crippen LogP contribution in [0.25, 0.3) is 17.2 Å². The zero-order chi connectivity index (χ0) is 22.2. The van der Waals surface area contributed by atoms with Crippen molar-refractivity contribution in [1.29, 1.82) is 0 Å². The molecule has 7 rings (SSSR count). The van der Waals surface area contributed by atoms with E-state index in [0.717, 1.165) is 48.2 Å². The lowest BCUT2D eigenvalue weighted by Crippen LogP contribution is -2.32. The Balaban J connectivity index is 1.24. The lowest BCUT2D eigenvalue weighted by Gasteiger charge is -2.30. The van der Waals surface area contributed by atoms with Crippen LogP contribution in [0.3, 0.4) is 0 Å². The van der Waals surface area contributed by atoms with Gasteiger partial charge in [0.1, 0.15) is 5.82 Å². The Bertz CT molecular complexity index is 1390. The zero-order valence-electron chi connectivity index (χ0n) is 18.9. The monoisotopic (exact) mass is 435 g/mol. The van der Waals surface area contributed by atoms with Crippen molar-refractivity contribution in [2.24, 2.45) is 5.92 Å². The first kappa shape index (κ1) is 18.9. The molecule has 0 spiro atoms. The summed E-state index contributed by atoms with van der Waals surface area (Å²) >= 11 is 0. The topological polar surface area (TPSA) is 72.6 Å². The van der Waals surface area contributed by atoms with E-state index in [9.17, 15) is 0 Å². The van der Waals surface area contributed by atoms with Gasteiger partial charge in [-0.25, -0.2) is 19.6 Å². The molecule has 0 unspecified atom stereocenters. The highest BCUT2D eigenvalue weighted by atomic mass is 15.3. The number of rotatable bonds is 4. The Morgan fingerprint density at radius 1 is 1.03 bits per heavy atom. The fourth-order valence-corrected chi connectivity index (χ4v) is 5.35. The Labute approximate surface area is 192 Å². The summed E-state index contributed by atoms with van der Waals surface area (Å²) in [5.41, 5.74) is 8.79. The van der Waals surface area contributed by atoms with Gasteiger partial charge in [-0.1, -0.05) is 6.07 Å². The van der Waals surface area contributed by atoms with Crippen LogP contribution in [0.4, 0.5) is 5.82 Å². The molecule has 1 aliphatic heterocycles. The van der Waals surface area contributed by atoms with Crippen molar-refractivity contribution >= 4 is 5.82 Å². The Kier molecular flexibility index (Phi) is 3.84. The quantitative estimate of drug-likeness (QED) is 0.483. The molecule has 2 fully saturated rings. The van der Waals surface area contributed by atoms with Gasteiger partial charge < -0.3 is 4.90 Å². The van der Waals surface area contributed by atoms with Crippen LogP contribution in [0.5, 0.6) is 0 Å². The van der Waals surface area contributed by atoms with E-state index in [-0.39, 0.29) is 0 Å². The number of hydrogen-bond donors (Lipinski definition) is 0. The van der Waals surface area contributed by atoms with Crippen LogP contribution in [0, 0.1) is 19.8 Å². The molecule has 2 saturated carbocycles. The molecule has 2 aliphatic carbocycles. The van der Waals surface area contributed by atoms with E-state index >= 15 is 0 Å². The SMILES string of the molecule is Cc1cnc(-c2cc(N3CCc4nc(-n5cccn5)ncc4C3)ncc2C23CC2C3)c(C)c1. The highest BCUT2D eigenvalue weighted by molar-refractivity contribution is 5.73. The van der Waals surface area contributed by atoms with Gasteiger partial charge in [-0.15, -0.1) is 0 Å². The molecular weight excluding hydrogens is 410 g/mol. The van der Waals surface area contributed by atoms with E-state index in [1.165, 1.54) is 35.1 Å². The minimum absolute atomic E-state index is 0.380. The summed E-state index contributed by atoms with van der Waals surface area (Å²) in [6.07, 6.45) is 13.1. The summed E-state index contributed by atoms with van der Waals surface area (Å²) in [6.45, 7) is 5.90. The van der Waals surface area contributed by atoms with Gasteiger partial charge in [-0.05, 0) is 61.4 Å². The number of fused-ring (bicyclic) bond motifs is 2. The maximum absolute atomic E-state index is 4.94. The van der Waals surface area contributed by atoms with Gasteiger partial charge in [-0.3, -0.25) is 4.98 Å². The van der Waals surface area contributed by atoms with Gasteiger partial charge in [-0.2, -0.15) is 5.10 Å². The van der Waals surface area contributed by atoms with Crippen molar-refractivity contribution in [2.45, 2.75) is 45.1 Å². The third kappa shape index (κ3) is 2.98. The van der Waals surface area contributed by atoms with Crippen molar-refractivity contribution in [3.63, 3.8) is 0 Å². The molecular formula is C26H25N7. The third-order valence-electron chi connectivity index (χ3n) is 7.53. The molecule has 33 heavy (non-hydrogen) atoms. The van der Waals surface area contributed by atoms with E-state index in [1.807, 2.05) is 24.7 Å². The van der Waals surface area contributed by atoms with Crippen molar-refractivity contribution in [1.82, 2.24) is 29.7 Å². The second kappa shape index (κ2) is 6.70. The lowest BCUT2D eigenvalue weighted by molar-refractivity contribution is 0.682. The summed E-state index contributed by atoms with van der Waals surface area (Å²) in [7, 11) is 0. The van der Waals surface area contributed by atoms with Crippen LogP contribution in [-0.4, -0.2) is 36.3 Å². The Morgan fingerprint density at radius 2 is 1.91 bits per heavy atom. The van der Waals surface area contributed by atoms with Crippen LogP contribution in [0.2, 0.25) is 0 Å². The predicted molar refractivity (Wildman–Crippen MR) is 125 cm³/mol. The van der Waals surface area contributed by atoms with Gasteiger partial charge in [0.05, 0.1) is 11.4 Å². The standard InChI is InChI=1S/C26H25N7/c1-16-8-17(2)24(28-12-16)20-9-23(27-14-21(20)26-10-19(26)11-26)32-7-4-22-18(15-32)13-29-25(31-22)33-6-3-5-30-33/h3,5-6,8-9,12-14,19H,4,7,10-11,15H2,1-2H3. The molecule has 0 atom stereocenters. The molecule has 0 saturated heterocycles. The van der Waals surface area contributed by atoms with Crippen molar-refractivity contribution < 1.29 is 0 Å². The number of pyridine rings is 2. The number of anilines is 1. The second-order valence-corrected chi connectivity index (χ2v) is 9.79. The maximum atomic E-state index is 4.94. The van der Waals surface area contributed by atoms with Gasteiger partial charge in [0, 0.05) is 67.0 Å². The fourth-order valence-electron chi connectivity index (χ4n) is 5.35. The molecule has 0 bridgehead atoms. The molecule has 5 heterocycles. The molecule has 0 radical (unpaired) electrons. The first-order chi connectivity index (χ1) is 16.1. The number of aryl methyl sites for hydroxylation is 2. The van der Waals surface area contributed by atoms with E-state index in [0.29, 0.717) is 11.4 Å².